The molecule has 0 spiro atoms. The van der Waals surface area contributed by atoms with Crippen molar-refractivity contribution in [3.8, 4) is 0 Å². The summed E-state index contributed by atoms with van der Waals surface area (Å²) in [5.74, 6) is 1.04. The van der Waals surface area contributed by atoms with Crippen LogP contribution in [-0.4, -0.2) is 18.5 Å². The second-order valence-electron chi connectivity index (χ2n) is 2.02. The molecule has 64 valence electrons. The Kier molecular flexibility index (Phi) is 2.50. The van der Waals surface area contributed by atoms with Crippen molar-refractivity contribution in [1.29, 1.82) is 0 Å². The van der Waals surface area contributed by atoms with Gasteiger partial charge in [-0.25, -0.2) is 9.59 Å². The number of hydrogen-bond donors (Lipinski definition) is 2. The number of esters is 1. The van der Waals surface area contributed by atoms with E-state index in [-0.39, 0.29) is 17.9 Å². The first kappa shape index (κ1) is 8.36. The summed E-state index contributed by atoms with van der Waals surface area (Å²) >= 11 is 0. The minimum absolute atomic E-state index is 0.0773. The molecule has 0 atom stereocenters. The van der Waals surface area contributed by atoms with Gasteiger partial charge in [0.15, 0.2) is 11.6 Å². The summed E-state index contributed by atoms with van der Waals surface area (Å²) in [4.78, 5) is 21.3. The number of hydrogen-bond acceptors (Lipinski definition) is 5. The Labute approximate surface area is 69.1 Å². The molecule has 0 amide bonds. The van der Waals surface area contributed by atoms with Crippen molar-refractivity contribution in [2.24, 2.45) is 0 Å². The quantitative estimate of drug-likeness (QED) is 0.419. The van der Waals surface area contributed by atoms with Crippen molar-refractivity contribution >= 4 is 11.9 Å². The first-order chi connectivity index (χ1) is 5.79. The second kappa shape index (κ2) is 3.59. The van der Waals surface area contributed by atoms with Crippen LogP contribution in [0.25, 0.3) is 0 Å². The highest BCUT2D eigenvalue weighted by Gasteiger charge is 2.20. The third-order valence-corrected chi connectivity index (χ3v) is 1.28. The summed E-state index contributed by atoms with van der Waals surface area (Å²) in [5.41, 5.74) is 5.20. The topological polar surface area (TPSA) is 67.4 Å². The lowest BCUT2D eigenvalue weighted by Gasteiger charge is -2.00. The number of carbonyl (C=O) groups excluding carboxylic acids is 2. The maximum absolute atomic E-state index is 11.0. The number of rotatable bonds is 2. The fourth-order valence-electron chi connectivity index (χ4n) is 0.770. The minimum Gasteiger partial charge on any atom is -0.462 e. The molecule has 5 heteroatoms. The minimum atomic E-state index is -0.534. The molecule has 1 rings (SSSR count). The summed E-state index contributed by atoms with van der Waals surface area (Å²) in [6.07, 6.45) is 1.36. The molecule has 5 nitrogen and oxygen atoms in total. The van der Waals surface area contributed by atoms with Crippen LogP contribution in [0.15, 0.2) is 17.5 Å². The molecule has 12 heavy (non-hydrogen) atoms. The molecule has 0 aromatic carbocycles. The van der Waals surface area contributed by atoms with Gasteiger partial charge in [-0.15, -0.1) is 0 Å². The maximum Gasteiger partial charge on any atom is 0.342 e. The number of ether oxygens (including phenoxy) is 1. The van der Waals surface area contributed by atoms with E-state index in [1.54, 1.807) is 12.9 Å². The van der Waals surface area contributed by atoms with E-state index >= 15 is 0 Å². The van der Waals surface area contributed by atoms with Crippen LogP contribution in [0, 0.1) is 0 Å². The predicted molar refractivity (Wildman–Crippen MR) is 40.2 cm³/mol. The Hall–Kier alpha value is -1.74. The summed E-state index contributed by atoms with van der Waals surface area (Å²) < 4.78 is 4.67. The maximum atomic E-state index is 11.0. The standard InChI is InChI=1S/C7H8N2O3/c1-2-12-7(11)5-3-8-9-6(5)4-10/h3,8-9H,2H2,1H3. The summed E-state index contributed by atoms with van der Waals surface area (Å²) in [5, 5.41) is 0. The third kappa shape index (κ3) is 1.46. The average molecular weight is 168 g/mol. The molecular formula is C7H8N2O3. The molecule has 0 bridgehead atoms. The van der Waals surface area contributed by atoms with E-state index in [9.17, 15) is 9.59 Å². The lowest BCUT2D eigenvalue weighted by atomic mass is 10.2. The number of nitrogens with one attached hydrogen (secondary N) is 2. The highest BCUT2D eigenvalue weighted by molar-refractivity contribution is 5.96. The largest absolute Gasteiger partial charge is 0.462 e. The Balaban J connectivity index is 2.75. The van der Waals surface area contributed by atoms with E-state index in [2.05, 4.69) is 15.6 Å². The summed E-state index contributed by atoms with van der Waals surface area (Å²) in [7, 11) is 0. The molecular weight excluding hydrogens is 160 g/mol. The molecule has 0 aromatic heterocycles. The summed E-state index contributed by atoms with van der Waals surface area (Å²) in [6.45, 7) is 1.97. The van der Waals surface area contributed by atoms with Crippen molar-refractivity contribution in [3.05, 3.63) is 17.5 Å². The van der Waals surface area contributed by atoms with Gasteiger partial charge in [0, 0.05) is 6.20 Å². The van der Waals surface area contributed by atoms with E-state index in [4.69, 9.17) is 0 Å². The van der Waals surface area contributed by atoms with E-state index < -0.39 is 5.97 Å². The van der Waals surface area contributed by atoms with Crippen LogP contribution in [0.2, 0.25) is 0 Å². The van der Waals surface area contributed by atoms with Crippen LogP contribution >= 0.6 is 0 Å². The molecule has 0 saturated carbocycles. The predicted octanol–water partition coefficient (Wildman–Crippen LogP) is -0.743. The van der Waals surface area contributed by atoms with Crippen LogP contribution in [0.3, 0.4) is 0 Å². The van der Waals surface area contributed by atoms with Gasteiger partial charge < -0.3 is 10.2 Å². The lowest BCUT2D eigenvalue weighted by Crippen LogP contribution is -2.20. The smallest absolute Gasteiger partial charge is 0.342 e. The zero-order chi connectivity index (χ0) is 8.97. The Bertz CT molecular complexity index is 276. The van der Waals surface area contributed by atoms with Gasteiger partial charge in [0.1, 0.15) is 5.57 Å². The molecule has 0 aliphatic carbocycles. The monoisotopic (exact) mass is 168 g/mol. The normalized spacial score (nSPS) is 14.1. The van der Waals surface area contributed by atoms with Gasteiger partial charge in [-0.05, 0) is 6.92 Å². The van der Waals surface area contributed by atoms with Crippen molar-refractivity contribution < 1.29 is 14.3 Å². The van der Waals surface area contributed by atoms with Crippen LogP contribution in [-0.2, 0) is 14.3 Å². The first-order valence-electron chi connectivity index (χ1n) is 3.44. The van der Waals surface area contributed by atoms with Gasteiger partial charge in [0.25, 0.3) is 0 Å². The molecule has 1 aliphatic rings. The summed E-state index contributed by atoms with van der Waals surface area (Å²) in [6, 6.07) is 0. The molecule has 0 aromatic rings. The average Bonchev–Trinajstić information content (AvgIpc) is 2.51. The Morgan fingerprint density at radius 1 is 1.75 bits per heavy atom. The molecule has 0 unspecified atom stereocenters. The fraction of sp³-hybridized carbons (Fsp3) is 0.286. The molecule has 1 aliphatic heterocycles. The highest BCUT2D eigenvalue weighted by Crippen LogP contribution is 2.08. The van der Waals surface area contributed by atoms with Crippen LogP contribution < -0.4 is 10.9 Å². The third-order valence-electron chi connectivity index (χ3n) is 1.28. The Morgan fingerprint density at radius 3 is 3.08 bits per heavy atom. The number of hydrazine groups is 1. The van der Waals surface area contributed by atoms with Crippen LogP contribution in [0.1, 0.15) is 6.92 Å². The van der Waals surface area contributed by atoms with Gasteiger partial charge in [0.05, 0.1) is 6.61 Å². The van der Waals surface area contributed by atoms with Crippen molar-refractivity contribution in [3.63, 3.8) is 0 Å². The Morgan fingerprint density at radius 2 is 2.50 bits per heavy atom. The van der Waals surface area contributed by atoms with E-state index in [0.717, 1.165) is 0 Å². The van der Waals surface area contributed by atoms with E-state index in [1.165, 1.54) is 6.20 Å². The van der Waals surface area contributed by atoms with Crippen LogP contribution in [0.4, 0.5) is 0 Å². The SMILES string of the molecule is CCOC(=O)C1=CNNC1=C=O. The second-order valence-corrected chi connectivity index (χ2v) is 2.02. The molecule has 1 heterocycles. The van der Waals surface area contributed by atoms with Gasteiger partial charge in [-0.1, -0.05) is 0 Å². The molecule has 0 fully saturated rings. The van der Waals surface area contributed by atoms with Crippen LogP contribution in [0.5, 0.6) is 0 Å². The van der Waals surface area contributed by atoms with Gasteiger partial charge in [-0.2, -0.15) is 0 Å². The van der Waals surface area contributed by atoms with Crippen molar-refractivity contribution in [2.45, 2.75) is 6.92 Å². The van der Waals surface area contributed by atoms with Gasteiger partial charge >= 0.3 is 5.97 Å². The fourth-order valence-corrected chi connectivity index (χ4v) is 0.770. The zero-order valence-electron chi connectivity index (χ0n) is 6.51. The van der Waals surface area contributed by atoms with Crippen molar-refractivity contribution in [1.82, 2.24) is 10.9 Å². The van der Waals surface area contributed by atoms with Crippen molar-refractivity contribution in [2.75, 3.05) is 6.61 Å². The van der Waals surface area contributed by atoms with E-state index in [0.29, 0.717) is 0 Å². The first-order valence-corrected chi connectivity index (χ1v) is 3.44. The van der Waals surface area contributed by atoms with Gasteiger partial charge in [0.2, 0.25) is 0 Å². The van der Waals surface area contributed by atoms with Gasteiger partial charge in [-0.3, -0.25) is 5.43 Å². The lowest BCUT2D eigenvalue weighted by molar-refractivity contribution is -0.138. The molecule has 2 N–H and O–H groups in total. The molecule has 0 saturated heterocycles. The molecule has 0 radical (unpaired) electrons. The van der Waals surface area contributed by atoms with E-state index in [1.807, 2.05) is 0 Å². The highest BCUT2D eigenvalue weighted by atomic mass is 16.5. The zero-order valence-corrected chi connectivity index (χ0v) is 6.51. The number of carbonyl (C=O) groups is 1.